The number of hydrogen-bond donors (Lipinski definition) is 2. The number of aryl methyl sites for hydroxylation is 1. The van der Waals surface area contributed by atoms with Gasteiger partial charge in [0.1, 0.15) is 11.8 Å². The van der Waals surface area contributed by atoms with Gasteiger partial charge >= 0.3 is 6.01 Å². The van der Waals surface area contributed by atoms with Crippen LogP contribution in [0.4, 0.5) is 6.01 Å². The van der Waals surface area contributed by atoms with E-state index in [1.54, 1.807) is 4.90 Å². The van der Waals surface area contributed by atoms with E-state index in [-0.39, 0.29) is 12.1 Å². The van der Waals surface area contributed by atoms with Crippen molar-refractivity contribution in [3.05, 3.63) is 35.7 Å². The summed E-state index contributed by atoms with van der Waals surface area (Å²) < 4.78 is 11.4. The lowest BCUT2D eigenvalue weighted by molar-refractivity contribution is -0.133. The number of anilines is 1. The number of ether oxygens (including phenoxy) is 1. The van der Waals surface area contributed by atoms with Crippen molar-refractivity contribution in [1.82, 2.24) is 15.0 Å². The third-order valence-corrected chi connectivity index (χ3v) is 7.32. The molecule has 1 aromatic heterocycles. The Kier molecular flexibility index (Phi) is 8.05. The van der Waals surface area contributed by atoms with Crippen LogP contribution < -0.4 is 21.1 Å². The zero-order chi connectivity index (χ0) is 24.1. The number of hydrogen-bond acceptors (Lipinski definition) is 8. The number of carbonyl (C=O) groups excluding carboxylic acids is 1. The Balaban J connectivity index is 1.19. The summed E-state index contributed by atoms with van der Waals surface area (Å²) in [6.45, 7) is 7.58. The number of piperidine rings is 1. The molecule has 9 heteroatoms. The third kappa shape index (κ3) is 5.70. The first kappa shape index (κ1) is 24.5. The minimum absolute atomic E-state index is 0.108. The number of likely N-dealkylation sites (tertiary alicyclic amines) is 1. The SMILES string of the molecule is CCc1noc(N2CCC([C@H](C)CCOc3ccc([C@H](N)C(=O)N4CCC[C@H]4N)cc3)CC2)n1. The average Bonchev–Trinajstić information content (AvgIpc) is 3.52. The van der Waals surface area contributed by atoms with Gasteiger partial charge in [-0.2, -0.15) is 4.98 Å². The first-order chi connectivity index (χ1) is 16.5. The Morgan fingerprint density at radius 3 is 2.56 bits per heavy atom. The van der Waals surface area contributed by atoms with Crippen LogP contribution in [0.3, 0.4) is 0 Å². The van der Waals surface area contributed by atoms with Gasteiger partial charge in [0.25, 0.3) is 0 Å². The van der Waals surface area contributed by atoms with E-state index in [1.165, 1.54) is 0 Å². The van der Waals surface area contributed by atoms with Crippen molar-refractivity contribution in [1.29, 1.82) is 0 Å². The molecule has 3 atom stereocenters. The number of rotatable bonds is 9. The van der Waals surface area contributed by atoms with E-state index < -0.39 is 6.04 Å². The molecule has 1 aromatic carbocycles. The lowest BCUT2D eigenvalue weighted by Crippen LogP contribution is -2.45. The quantitative estimate of drug-likeness (QED) is 0.573. The van der Waals surface area contributed by atoms with E-state index in [4.69, 9.17) is 20.7 Å². The molecule has 0 spiro atoms. The van der Waals surface area contributed by atoms with Gasteiger partial charge in [-0.05, 0) is 61.6 Å². The minimum Gasteiger partial charge on any atom is -0.494 e. The van der Waals surface area contributed by atoms with Crippen molar-refractivity contribution in [3.63, 3.8) is 0 Å². The van der Waals surface area contributed by atoms with E-state index in [0.29, 0.717) is 31.0 Å². The summed E-state index contributed by atoms with van der Waals surface area (Å²) in [5.74, 6) is 2.69. The first-order valence-corrected chi connectivity index (χ1v) is 12.6. The Hall–Kier alpha value is -2.65. The summed E-state index contributed by atoms with van der Waals surface area (Å²) in [5.41, 5.74) is 13.0. The van der Waals surface area contributed by atoms with Gasteiger partial charge in [-0.15, -0.1) is 0 Å². The summed E-state index contributed by atoms with van der Waals surface area (Å²) in [6.07, 6.45) is 5.57. The lowest BCUT2D eigenvalue weighted by Gasteiger charge is -2.33. The summed E-state index contributed by atoms with van der Waals surface area (Å²) in [7, 11) is 0. The Morgan fingerprint density at radius 2 is 1.94 bits per heavy atom. The molecule has 2 aliphatic rings. The number of aromatic nitrogens is 2. The molecule has 0 radical (unpaired) electrons. The fourth-order valence-corrected chi connectivity index (χ4v) is 4.93. The number of amides is 1. The van der Waals surface area contributed by atoms with Gasteiger partial charge in [-0.3, -0.25) is 4.79 Å². The van der Waals surface area contributed by atoms with Crippen LogP contribution in [0.5, 0.6) is 5.75 Å². The number of nitrogens with zero attached hydrogens (tertiary/aromatic N) is 4. The topological polar surface area (TPSA) is 124 Å². The molecule has 2 aromatic rings. The second-order valence-electron chi connectivity index (χ2n) is 9.57. The Bertz CT molecular complexity index is 925. The van der Waals surface area contributed by atoms with Gasteiger partial charge < -0.3 is 30.5 Å². The zero-order valence-electron chi connectivity index (χ0n) is 20.4. The van der Waals surface area contributed by atoms with Crippen LogP contribution in [0.1, 0.15) is 63.4 Å². The molecule has 34 heavy (non-hydrogen) atoms. The maximum absolute atomic E-state index is 12.6. The third-order valence-electron chi connectivity index (χ3n) is 7.32. The highest BCUT2D eigenvalue weighted by atomic mass is 16.5. The molecule has 186 valence electrons. The van der Waals surface area contributed by atoms with Crippen LogP contribution in [0.15, 0.2) is 28.8 Å². The fraction of sp³-hybridized carbons (Fsp3) is 0.640. The molecular weight excluding hydrogens is 432 g/mol. The largest absolute Gasteiger partial charge is 0.494 e. The van der Waals surface area contributed by atoms with Gasteiger partial charge in [0.2, 0.25) is 5.91 Å². The van der Waals surface area contributed by atoms with Gasteiger partial charge in [0.15, 0.2) is 5.82 Å². The van der Waals surface area contributed by atoms with Gasteiger partial charge in [-0.1, -0.05) is 31.1 Å². The molecule has 4 N–H and O–H groups in total. The Labute approximate surface area is 201 Å². The highest BCUT2D eigenvalue weighted by Gasteiger charge is 2.30. The smallest absolute Gasteiger partial charge is 0.324 e. The van der Waals surface area contributed by atoms with Crippen molar-refractivity contribution in [3.8, 4) is 5.75 Å². The molecule has 1 amide bonds. The lowest BCUT2D eigenvalue weighted by atomic mass is 9.84. The van der Waals surface area contributed by atoms with Crippen molar-refractivity contribution >= 4 is 11.9 Å². The van der Waals surface area contributed by atoms with Gasteiger partial charge in [0, 0.05) is 26.1 Å². The normalized spacial score (nSPS) is 21.0. The predicted molar refractivity (Wildman–Crippen MR) is 130 cm³/mol. The number of nitrogens with two attached hydrogens (primary N) is 2. The van der Waals surface area contributed by atoms with E-state index in [0.717, 1.165) is 68.8 Å². The summed E-state index contributed by atoms with van der Waals surface area (Å²) in [5, 5.41) is 4.00. The summed E-state index contributed by atoms with van der Waals surface area (Å²) in [4.78, 5) is 21.0. The second-order valence-corrected chi connectivity index (χ2v) is 9.57. The van der Waals surface area contributed by atoms with Gasteiger partial charge in [0.05, 0.1) is 12.8 Å². The molecule has 0 aliphatic carbocycles. The average molecular weight is 471 g/mol. The molecule has 3 heterocycles. The van der Waals surface area contributed by atoms with Crippen LogP contribution in [-0.4, -0.2) is 53.4 Å². The van der Waals surface area contributed by atoms with Crippen molar-refractivity contribution in [2.45, 2.75) is 64.6 Å². The van der Waals surface area contributed by atoms with E-state index in [1.807, 2.05) is 31.2 Å². The summed E-state index contributed by atoms with van der Waals surface area (Å²) >= 11 is 0. The number of benzene rings is 1. The fourth-order valence-electron chi connectivity index (χ4n) is 4.93. The van der Waals surface area contributed by atoms with Crippen molar-refractivity contribution in [2.75, 3.05) is 31.1 Å². The Morgan fingerprint density at radius 1 is 1.21 bits per heavy atom. The zero-order valence-corrected chi connectivity index (χ0v) is 20.4. The minimum atomic E-state index is -0.690. The predicted octanol–water partition coefficient (Wildman–Crippen LogP) is 2.86. The van der Waals surface area contributed by atoms with Crippen LogP contribution in [0.2, 0.25) is 0 Å². The van der Waals surface area contributed by atoms with E-state index in [9.17, 15) is 4.79 Å². The monoisotopic (exact) mass is 470 g/mol. The highest BCUT2D eigenvalue weighted by molar-refractivity contribution is 5.83. The molecule has 0 unspecified atom stereocenters. The van der Waals surface area contributed by atoms with Crippen molar-refractivity contribution < 1.29 is 14.1 Å². The molecule has 2 fully saturated rings. The van der Waals surface area contributed by atoms with Gasteiger partial charge in [-0.25, -0.2) is 0 Å². The molecule has 9 nitrogen and oxygen atoms in total. The van der Waals surface area contributed by atoms with Crippen LogP contribution in [-0.2, 0) is 11.2 Å². The first-order valence-electron chi connectivity index (χ1n) is 12.6. The molecular formula is C25H38N6O3. The van der Waals surface area contributed by atoms with E-state index in [2.05, 4.69) is 22.0 Å². The molecule has 0 bridgehead atoms. The summed E-state index contributed by atoms with van der Waals surface area (Å²) in [6, 6.07) is 7.50. The molecule has 2 aliphatic heterocycles. The van der Waals surface area contributed by atoms with E-state index >= 15 is 0 Å². The standard InChI is InChI=1S/C25H38N6O3/c1-3-22-28-25(34-29-22)30-14-10-18(11-15-30)17(2)12-16-33-20-8-6-19(7-9-20)23(27)24(32)31-13-4-5-21(31)26/h6-9,17-18,21,23H,3-5,10-16,26-27H2,1-2H3/t17-,21+,23+/m1/s1. The molecule has 4 rings (SSSR count). The number of carbonyl (C=O) groups is 1. The van der Waals surface area contributed by atoms with Crippen LogP contribution in [0, 0.1) is 11.8 Å². The molecule has 2 saturated heterocycles. The second kappa shape index (κ2) is 11.2. The maximum Gasteiger partial charge on any atom is 0.324 e. The van der Waals surface area contributed by atoms with Crippen LogP contribution >= 0.6 is 0 Å². The maximum atomic E-state index is 12.6. The highest BCUT2D eigenvalue weighted by Crippen LogP contribution is 2.29. The molecule has 0 saturated carbocycles. The van der Waals surface area contributed by atoms with Crippen LogP contribution in [0.25, 0.3) is 0 Å². The van der Waals surface area contributed by atoms with Crippen molar-refractivity contribution in [2.24, 2.45) is 23.3 Å².